The summed E-state index contributed by atoms with van der Waals surface area (Å²) in [6.07, 6.45) is 4.23. The summed E-state index contributed by atoms with van der Waals surface area (Å²) >= 11 is 0. The van der Waals surface area contributed by atoms with E-state index in [1.54, 1.807) is 0 Å². The molecule has 2 aliphatic rings. The zero-order chi connectivity index (χ0) is 9.47. The van der Waals surface area contributed by atoms with Crippen LogP contribution in [0.25, 0.3) is 0 Å². The van der Waals surface area contributed by atoms with Crippen LogP contribution in [-0.4, -0.2) is 37.1 Å². The molecule has 1 N–H and O–H groups in total. The molecule has 2 fully saturated rings. The van der Waals surface area contributed by atoms with Crippen molar-refractivity contribution in [2.75, 3.05) is 20.1 Å². The van der Waals surface area contributed by atoms with Gasteiger partial charge in [-0.15, -0.1) is 0 Å². The fourth-order valence-corrected chi connectivity index (χ4v) is 2.88. The molecule has 0 radical (unpaired) electrons. The van der Waals surface area contributed by atoms with E-state index in [0.717, 1.165) is 12.1 Å². The summed E-state index contributed by atoms with van der Waals surface area (Å²) in [5.74, 6) is 0. The van der Waals surface area contributed by atoms with Gasteiger partial charge in [-0.05, 0) is 25.3 Å². The molecule has 2 nitrogen and oxygen atoms in total. The van der Waals surface area contributed by atoms with Gasteiger partial charge in [-0.2, -0.15) is 0 Å². The molecule has 1 atom stereocenters. The summed E-state index contributed by atoms with van der Waals surface area (Å²) in [5, 5.41) is 3.35. The molecule has 1 aliphatic heterocycles. The minimum atomic E-state index is 0.546. The molecule has 0 aromatic heterocycles. The zero-order valence-corrected chi connectivity index (χ0v) is 9.14. The van der Waals surface area contributed by atoms with E-state index in [1.165, 1.54) is 32.4 Å². The second-order valence-corrected chi connectivity index (χ2v) is 5.37. The lowest BCUT2D eigenvalue weighted by Crippen LogP contribution is -2.60. The Bertz CT molecular complexity index is 185. The molecule has 0 bridgehead atoms. The molecule has 1 saturated carbocycles. The SMILES string of the molecule is CN(C1CNC1)C1CCCC1(C)C. The average molecular weight is 182 g/mol. The maximum absolute atomic E-state index is 3.35. The van der Waals surface area contributed by atoms with Crippen LogP contribution in [0.1, 0.15) is 33.1 Å². The van der Waals surface area contributed by atoms with Gasteiger partial charge in [0.15, 0.2) is 0 Å². The van der Waals surface area contributed by atoms with E-state index in [0.29, 0.717) is 5.41 Å². The third-order valence-corrected chi connectivity index (χ3v) is 4.03. The molecule has 0 aromatic rings. The molecule has 1 aliphatic carbocycles. The lowest BCUT2D eigenvalue weighted by Gasteiger charge is -2.44. The standard InChI is InChI=1S/C11H22N2/c1-11(2)6-4-5-10(11)13(3)9-7-12-8-9/h9-10,12H,4-8H2,1-3H3. The minimum absolute atomic E-state index is 0.546. The fourth-order valence-electron chi connectivity index (χ4n) is 2.88. The second-order valence-electron chi connectivity index (χ2n) is 5.37. The average Bonchev–Trinajstić information content (AvgIpc) is 2.25. The first-order chi connectivity index (χ1) is 6.11. The quantitative estimate of drug-likeness (QED) is 0.695. The molecule has 13 heavy (non-hydrogen) atoms. The summed E-state index contributed by atoms with van der Waals surface area (Å²) in [6.45, 7) is 7.24. The molecular formula is C11H22N2. The third kappa shape index (κ3) is 1.62. The van der Waals surface area contributed by atoms with Gasteiger partial charge in [-0.3, -0.25) is 4.90 Å². The van der Waals surface area contributed by atoms with E-state index in [9.17, 15) is 0 Å². The van der Waals surface area contributed by atoms with E-state index < -0.39 is 0 Å². The molecule has 2 rings (SSSR count). The highest BCUT2D eigenvalue weighted by molar-refractivity contribution is 4.95. The van der Waals surface area contributed by atoms with Gasteiger partial charge in [-0.25, -0.2) is 0 Å². The van der Waals surface area contributed by atoms with Gasteiger partial charge in [0.25, 0.3) is 0 Å². The Hall–Kier alpha value is -0.0800. The first-order valence-corrected chi connectivity index (χ1v) is 5.54. The molecule has 0 spiro atoms. The van der Waals surface area contributed by atoms with Gasteiger partial charge in [-0.1, -0.05) is 20.3 Å². The third-order valence-electron chi connectivity index (χ3n) is 4.03. The second kappa shape index (κ2) is 3.25. The Morgan fingerprint density at radius 2 is 2.00 bits per heavy atom. The van der Waals surface area contributed by atoms with Gasteiger partial charge in [0.2, 0.25) is 0 Å². The molecule has 0 aromatic carbocycles. The number of rotatable bonds is 2. The Morgan fingerprint density at radius 1 is 1.31 bits per heavy atom. The van der Waals surface area contributed by atoms with Crippen molar-refractivity contribution in [3.63, 3.8) is 0 Å². The molecule has 76 valence electrons. The molecule has 1 unspecified atom stereocenters. The Labute approximate surface area is 81.7 Å². The number of nitrogens with one attached hydrogen (secondary N) is 1. The maximum Gasteiger partial charge on any atom is 0.0345 e. The topological polar surface area (TPSA) is 15.3 Å². The predicted molar refractivity (Wildman–Crippen MR) is 55.8 cm³/mol. The van der Waals surface area contributed by atoms with Crippen LogP contribution >= 0.6 is 0 Å². The van der Waals surface area contributed by atoms with E-state index in [4.69, 9.17) is 0 Å². The van der Waals surface area contributed by atoms with Crippen LogP contribution < -0.4 is 5.32 Å². The lowest BCUT2D eigenvalue weighted by molar-refractivity contribution is 0.0710. The Balaban J connectivity index is 1.98. The monoisotopic (exact) mass is 182 g/mol. The summed E-state index contributed by atoms with van der Waals surface area (Å²) in [7, 11) is 2.31. The minimum Gasteiger partial charge on any atom is -0.314 e. The number of hydrogen-bond acceptors (Lipinski definition) is 2. The Kier molecular flexibility index (Phi) is 2.37. The predicted octanol–water partition coefficient (Wildman–Crippen LogP) is 1.47. The zero-order valence-electron chi connectivity index (χ0n) is 9.14. The van der Waals surface area contributed by atoms with Gasteiger partial charge >= 0.3 is 0 Å². The van der Waals surface area contributed by atoms with Gasteiger partial charge in [0.1, 0.15) is 0 Å². The van der Waals surface area contributed by atoms with Crippen LogP contribution in [0.3, 0.4) is 0 Å². The van der Waals surface area contributed by atoms with E-state index >= 15 is 0 Å². The number of likely N-dealkylation sites (N-methyl/N-ethyl adjacent to an activating group) is 1. The first kappa shape index (κ1) is 9.47. The Morgan fingerprint density at radius 3 is 2.38 bits per heavy atom. The van der Waals surface area contributed by atoms with Crippen molar-refractivity contribution in [3.8, 4) is 0 Å². The van der Waals surface area contributed by atoms with Crippen LogP contribution in [0.4, 0.5) is 0 Å². The van der Waals surface area contributed by atoms with Gasteiger partial charge < -0.3 is 5.32 Å². The highest BCUT2D eigenvalue weighted by atomic mass is 15.2. The summed E-state index contributed by atoms with van der Waals surface area (Å²) in [6, 6.07) is 1.63. The first-order valence-electron chi connectivity index (χ1n) is 5.54. The van der Waals surface area contributed by atoms with Crippen molar-refractivity contribution in [1.29, 1.82) is 0 Å². The van der Waals surface area contributed by atoms with Crippen molar-refractivity contribution in [3.05, 3.63) is 0 Å². The summed E-state index contributed by atoms with van der Waals surface area (Å²) < 4.78 is 0. The largest absolute Gasteiger partial charge is 0.314 e. The van der Waals surface area contributed by atoms with Crippen LogP contribution in [0.5, 0.6) is 0 Å². The van der Waals surface area contributed by atoms with Crippen LogP contribution in [0.2, 0.25) is 0 Å². The van der Waals surface area contributed by atoms with Crippen molar-refractivity contribution in [1.82, 2.24) is 10.2 Å². The van der Waals surface area contributed by atoms with Crippen molar-refractivity contribution >= 4 is 0 Å². The van der Waals surface area contributed by atoms with Crippen LogP contribution in [0, 0.1) is 5.41 Å². The van der Waals surface area contributed by atoms with Crippen molar-refractivity contribution in [2.45, 2.75) is 45.2 Å². The van der Waals surface area contributed by atoms with E-state index in [-0.39, 0.29) is 0 Å². The van der Waals surface area contributed by atoms with Crippen LogP contribution in [-0.2, 0) is 0 Å². The normalized spacial score (nSPS) is 33.7. The molecule has 2 heteroatoms. The maximum atomic E-state index is 3.35. The molecular weight excluding hydrogens is 160 g/mol. The highest BCUT2D eigenvalue weighted by Crippen LogP contribution is 2.40. The fraction of sp³-hybridized carbons (Fsp3) is 1.00. The molecule has 1 saturated heterocycles. The number of nitrogens with zero attached hydrogens (tertiary/aromatic N) is 1. The number of hydrogen-bond donors (Lipinski definition) is 1. The van der Waals surface area contributed by atoms with Crippen LogP contribution in [0.15, 0.2) is 0 Å². The lowest BCUT2D eigenvalue weighted by atomic mass is 9.85. The summed E-state index contributed by atoms with van der Waals surface area (Å²) in [5.41, 5.74) is 0.546. The molecule has 1 heterocycles. The molecule has 0 amide bonds. The van der Waals surface area contributed by atoms with Gasteiger partial charge in [0, 0.05) is 25.2 Å². The van der Waals surface area contributed by atoms with Crippen molar-refractivity contribution < 1.29 is 0 Å². The van der Waals surface area contributed by atoms with Crippen molar-refractivity contribution in [2.24, 2.45) is 5.41 Å². The van der Waals surface area contributed by atoms with E-state index in [1.807, 2.05) is 0 Å². The van der Waals surface area contributed by atoms with Gasteiger partial charge in [0.05, 0.1) is 0 Å². The summed E-state index contributed by atoms with van der Waals surface area (Å²) in [4.78, 5) is 2.61. The van der Waals surface area contributed by atoms with E-state index in [2.05, 4.69) is 31.1 Å². The highest BCUT2D eigenvalue weighted by Gasteiger charge is 2.40. The smallest absolute Gasteiger partial charge is 0.0345 e.